The van der Waals surface area contributed by atoms with Crippen molar-refractivity contribution in [3.05, 3.63) is 47.6 Å². The van der Waals surface area contributed by atoms with Crippen LogP contribution in [-0.2, 0) is 4.79 Å². The minimum absolute atomic E-state index is 0.169. The number of hydrogen-bond acceptors (Lipinski definition) is 7. The molecule has 36 heavy (non-hydrogen) atoms. The minimum atomic E-state index is -1.09. The number of fused-ring (bicyclic) bond motifs is 1. The maximum Gasteiger partial charge on any atom is 0.303 e. The number of carboxylic acid groups (broad SMARTS) is 1. The first-order valence-electron chi connectivity index (χ1n) is 12.6. The van der Waals surface area contributed by atoms with Crippen molar-refractivity contribution in [3.63, 3.8) is 0 Å². The Morgan fingerprint density at radius 1 is 1.28 bits per heavy atom. The van der Waals surface area contributed by atoms with Crippen molar-refractivity contribution in [2.75, 3.05) is 32.5 Å². The van der Waals surface area contributed by atoms with Gasteiger partial charge in [0.1, 0.15) is 16.3 Å². The number of ether oxygens (including phenoxy) is 1. The smallest absolute Gasteiger partial charge is 0.303 e. The molecule has 0 amide bonds. The number of aliphatic carboxylic acids is 1. The molecule has 3 aromatic rings. The topological polar surface area (TPSA) is 75.5 Å². The van der Waals surface area contributed by atoms with Gasteiger partial charge in [-0.3, -0.25) is 9.78 Å². The van der Waals surface area contributed by atoms with Crippen molar-refractivity contribution in [1.29, 1.82) is 0 Å². The molecular formula is C27H34FN3O3S2. The average molecular weight is 532 g/mol. The highest BCUT2D eigenvalue weighted by Crippen LogP contribution is 2.36. The number of piperidine rings is 1. The van der Waals surface area contributed by atoms with Crippen LogP contribution in [0.15, 0.2) is 46.4 Å². The molecule has 1 fully saturated rings. The molecular weight excluding hydrogens is 497 g/mol. The fourth-order valence-electron chi connectivity index (χ4n) is 5.17. The second kappa shape index (κ2) is 13.4. The summed E-state index contributed by atoms with van der Waals surface area (Å²) in [6.07, 6.45) is 6.47. The fourth-order valence-corrected chi connectivity index (χ4v) is 6.80. The summed E-state index contributed by atoms with van der Waals surface area (Å²) >= 11 is 3.46. The SMILES string of the molecule is COc1ccc2nccc([C@H](F)CC[C@@H]3CCN(CCCSc4nccs4)C[C@H]3CCC(=O)O)c2c1. The van der Waals surface area contributed by atoms with Crippen LogP contribution >= 0.6 is 23.1 Å². The van der Waals surface area contributed by atoms with Crippen molar-refractivity contribution >= 4 is 40.0 Å². The standard InChI is InChI=1S/C27H34FN3O3S2/c1-34-21-5-7-25-23(17-21)22(9-11-29-25)24(28)6-3-19-10-14-31(18-20(19)4-8-26(32)33)13-2-15-35-27-30-12-16-36-27/h5,7,9,11-12,16-17,19-20,24H,2-4,6,8,10,13-15,18H2,1H3,(H,32,33)/t19-,20-,24-/m1/s1. The van der Waals surface area contributed by atoms with E-state index in [1.54, 1.807) is 42.5 Å². The molecule has 3 atom stereocenters. The lowest BCUT2D eigenvalue weighted by Crippen LogP contribution is -2.41. The van der Waals surface area contributed by atoms with Crippen molar-refractivity contribution < 1.29 is 19.0 Å². The van der Waals surface area contributed by atoms with Gasteiger partial charge in [0.05, 0.1) is 12.6 Å². The van der Waals surface area contributed by atoms with E-state index in [2.05, 4.69) is 14.9 Å². The van der Waals surface area contributed by atoms with Gasteiger partial charge in [-0.25, -0.2) is 9.37 Å². The summed E-state index contributed by atoms with van der Waals surface area (Å²) in [6.45, 7) is 2.89. The van der Waals surface area contributed by atoms with Crippen LogP contribution in [-0.4, -0.2) is 58.4 Å². The normalized spacial score (nSPS) is 19.4. The number of benzene rings is 1. The molecule has 0 bridgehead atoms. The van der Waals surface area contributed by atoms with Gasteiger partial charge in [0, 0.05) is 41.9 Å². The zero-order valence-electron chi connectivity index (χ0n) is 20.6. The minimum Gasteiger partial charge on any atom is -0.497 e. The molecule has 1 aliphatic rings. The second-order valence-electron chi connectivity index (χ2n) is 9.37. The molecule has 1 N–H and O–H groups in total. The van der Waals surface area contributed by atoms with E-state index in [-0.39, 0.29) is 12.3 Å². The van der Waals surface area contributed by atoms with E-state index in [4.69, 9.17) is 4.74 Å². The zero-order valence-corrected chi connectivity index (χ0v) is 22.3. The Balaban J connectivity index is 1.33. The third-order valence-electron chi connectivity index (χ3n) is 7.07. The van der Waals surface area contributed by atoms with Crippen molar-refractivity contribution in [2.24, 2.45) is 11.8 Å². The molecule has 9 heteroatoms. The Morgan fingerprint density at radius 2 is 2.17 bits per heavy atom. The highest BCUT2D eigenvalue weighted by atomic mass is 32.2. The van der Waals surface area contributed by atoms with Crippen LogP contribution in [0.1, 0.15) is 50.3 Å². The molecule has 1 aromatic carbocycles. The van der Waals surface area contributed by atoms with Gasteiger partial charge < -0.3 is 14.7 Å². The van der Waals surface area contributed by atoms with Gasteiger partial charge in [-0.15, -0.1) is 11.3 Å². The first kappa shape index (κ1) is 26.8. The first-order valence-corrected chi connectivity index (χ1v) is 14.4. The van der Waals surface area contributed by atoms with Gasteiger partial charge in [-0.2, -0.15) is 0 Å². The highest BCUT2D eigenvalue weighted by molar-refractivity contribution is 8.00. The molecule has 4 rings (SSSR count). The fraction of sp³-hybridized carbons (Fsp3) is 0.519. The summed E-state index contributed by atoms with van der Waals surface area (Å²) in [5, 5.41) is 12.1. The number of thioether (sulfide) groups is 1. The van der Waals surface area contributed by atoms with E-state index in [1.165, 1.54) is 0 Å². The number of pyridine rings is 1. The summed E-state index contributed by atoms with van der Waals surface area (Å²) in [4.78, 5) is 22.4. The van der Waals surface area contributed by atoms with Crippen LogP contribution in [0, 0.1) is 11.8 Å². The molecule has 0 spiro atoms. The van der Waals surface area contributed by atoms with E-state index >= 15 is 4.39 Å². The Labute approximate surface area is 220 Å². The van der Waals surface area contributed by atoms with Gasteiger partial charge in [0.15, 0.2) is 0 Å². The number of rotatable bonds is 13. The summed E-state index contributed by atoms with van der Waals surface area (Å²) in [5.74, 6) is 1.58. The number of thiazole rings is 1. The third kappa shape index (κ3) is 7.40. The number of hydrogen-bond donors (Lipinski definition) is 1. The zero-order chi connectivity index (χ0) is 25.3. The average Bonchev–Trinajstić information content (AvgIpc) is 3.42. The lowest BCUT2D eigenvalue weighted by Gasteiger charge is -2.39. The summed E-state index contributed by atoms with van der Waals surface area (Å²) in [6, 6.07) is 7.31. The molecule has 0 saturated carbocycles. The number of likely N-dealkylation sites (tertiary alicyclic amines) is 1. The highest BCUT2D eigenvalue weighted by Gasteiger charge is 2.30. The molecule has 1 aliphatic heterocycles. The third-order valence-corrected chi connectivity index (χ3v) is 9.12. The molecule has 6 nitrogen and oxygen atoms in total. The number of carbonyl (C=O) groups is 1. The molecule has 3 heterocycles. The number of aromatic nitrogens is 2. The van der Waals surface area contributed by atoms with E-state index in [0.29, 0.717) is 30.1 Å². The van der Waals surface area contributed by atoms with Gasteiger partial charge in [-0.1, -0.05) is 11.8 Å². The van der Waals surface area contributed by atoms with Gasteiger partial charge in [0.2, 0.25) is 0 Å². The predicted octanol–water partition coefficient (Wildman–Crippen LogP) is 6.48. The molecule has 0 radical (unpaired) electrons. The molecule has 194 valence electrons. The maximum absolute atomic E-state index is 15.5. The summed E-state index contributed by atoms with van der Waals surface area (Å²) in [5.41, 5.74) is 1.41. The second-order valence-corrected chi connectivity index (χ2v) is 11.6. The monoisotopic (exact) mass is 531 g/mol. The lowest BCUT2D eigenvalue weighted by atomic mass is 9.79. The number of alkyl halides is 1. The molecule has 0 unspecified atom stereocenters. The maximum atomic E-state index is 15.5. The van der Waals surface area contributed by atoms with Crippen molar-refractivity contribution in [2.45, 2.75) is 49.0 Å². The Kier molecular flexibility index (Phi) is 9.95. The number of carboxylic acids is 1. The van der Waals surface area contributed by atoms with E-state index in [0.717, 1.165) is 59.9 Å². The number of methoxy groups -OCH3 is 1. The van der Waals surface area contributed by atoms with Crippen LogP contribution in [0.25, 0.3) is 10.9 Å². The van der Waals surface area contributed by atoms with Crippen LogP contribution in [0.5, 0.6) is 5.75 Å². The summed E-state index contributed by atoms with van der Waals surface area (Å²) in [7, 11) is 1.60. The predicted molar refractivity (Wildman–Crippen MR) is 144 cm³/mol. The van der Waals surface area contributed by atoms with Crippen LogP contribution < -0.4 is 4.74 Å². The van der Waals surface area contributed by atoms with E-state index in [1.807, 2.05) is 29.8 Å². The van der Waals surface area contributed by atoms with E-state index < -0.39 is 12.1 Å². The Bertz CT molecular complexity index is 1110. The van der Waals surface area contributed by atoms with Crippen LogP contribution in [0.2, 0.25) is 0 Å². The van der Waals surface area contributed by atoms with Crippen LogP contribution in [0.4, 0.5) is 4.39 Å². The van der Waals surface area contributed by atoms with Crippen molar-refractivity contribution in [1.82, 2.24) is 14.9 Å². The number of halogens is 1. The molecule has 0 aliphatic carbocycles. The molecule has 2 aromatic heterocycles. The first-order chi connectivity index (χ1) is 17.5. The van der Waals surface area contributed by atoms with E-state index in [9.17, 15) is 9.90 Å². The largest absolute Gasteiger partial charge is 0.497 e. The summed E-state index contributed by atoms with van der Waals surface area (Å²) < 4.78 is 22.0. The van der Waals surface area contributed by atoms with Gasteiger partial charge >= 0.3 is 5.97 Å². The van der Waals surface area contributed by atoms with Crippen LogP contribution in [0.3, 0.4) is 0 Å². The van der Waals surface area contributed by atoms with Gasteiger partial charge in [0.25, 0.3) is 0 Å². The van der Waals surface area contributed by atoms with Gasteiger partial charge in [-0.05, 0) is 86.9 Å². The quantitative estimate of drug-likeness (QED) is 0.200. The Morgan fingerprint density at radius 3 is 2.94 bits per heavy atom. The molecule has 1 saturated heterocycles. The Hall–Kier alpha value is -2.23. The lowest BCUT2D eigenvalue weighted by molar-refractivity contribution is -0.137. The van der Waals surface area contributed by atoms with Crippen molar-refractivity contribution in [3.8, 4) is 5.75 Å². The number of nitrogens with zero attached hydrogens (tertiary/aromatic N) is 3.